The van der Waals surface area contributed by atoms with E-state index in [2.05, 4.69) is 32.5 Å². The molecule has 2 heterocycles. The lowest BCUT2D eigenvalue weighted by Gasteiger charge is -2.10. The molecule has 0 amide bonds. The molecule has 3 aromatic rings. The highest BCUT2D eigenvalue weighted by atomic mass is 32.1. The molecule has 8 heteroatoms. The lowest BCUT2D eigenvalue weighted by molar-refractivity contribution is 0.457. The van der Waals surface area contributed by atoms with Gasteiger partial charge in [-0.25, -0.2) is 19.4 Å². The van der Waals surface area contributed by atoms with Crippen molar-refractivity contribution >= 4 is 17.3 Å². The van der Waals surface area contributed by atoms with E-state index in [1.807, 2.05) is 19.2 Å². The number of hydrogen-bond donors (Lipinski definition) is 2. The molecule has 0 saturated carbocycles. The van der Waals surface area contributed by atoms with Crippen LogP contribution in [0, 0.1) is 5.82 Å². The van der Waals surface area contributed by atoms with Crippen LogP contribution in [0.15, 0.2) is 53.8 Å². The van der Waals surface area contributed by atoms with Gasteiger partial charge in [0.05, 0.1) is 13.1 Å². The van der Waals surface area contributed by atoms with Crippen molar-refractivity contribution in [3.8, 4) is 11.6 Å². The third-order valence-corrected chi connectivity index (χ3v) is 5.08. The van der Waals surface area contributed by atoms with Gasteiger partial charge in [0, 0.05) is 35.9 Å². The Bertz CT molecular complexity index is 942. The van der Waals surface area contributed by atoms with Crippen molar-refractivity contribution in [1.29, 1.82) is 0 Å². The van der Waals surface area contributed by atoms with Gasteiger partial charge in [-0.2, -0.15) is 0 Å². The minimum Gasteiger partial charge on any atom is -0.439 e. The molecule has 0 bridgehead atoms. The fraction of sp³-hybridized carbons (Fsp3) is 0.286. The van der Waals surface area contributed by atoms with Gasteiger partial charge in [0.25, 0.3) is 0 Å². The van der Waals surface area contributed by atoms with Gasteiger partial charge in [0.2, 0.25) is 5.88 Å². The molecule has 0 aliphatic heterocycles. The number of hydrogen-bond acceptors (Lipinski definition) is 5. The smallest absolute Gasteiger partial charge is 0.219 e. The first-order valence-corrected chi connectivity index (χ1v) is 10.3. The number of benzene rings is 1. The predicted molar refractivity (Wildman–Crippen MR) is 114 cm³/mol. The maximum atomic E-state index is 13.2. The quantitative estimate of drug-likeness (QED) is 0.426. The number of nitrogens with one attached hydrogen (secondary N) is 2. The summed E-state index contributed by atoms with van der Waals surface area (Å²) < 4.78 is 18.8. The van der Waals surface area contributed by atoms with Crippen molar-refractivity contribution in [1.82, 2.24) is 20.6 Å². The fourth-order valence-electron chi connectivity index (χ4n) is 2.48. The molecule has 1 aromatic carbocycles. The lowest BCUT2D eigenvalue weighted by atomic mass is 10.3. The molecule has 3 rings (SSSR count). The minimum absolute atomic E-state index is 0.347. The van der Waals surface area contributed by atoms with Crippen molar-refractivity contribution in [3.63, 3.8) is 0 Å². The number of ether oxygens (including phenoxy) is 1. The van der Waals surface area contributed by atoms with E-state index >= 15 is 0 Å². The number of thiazole rings is 1. The van der Waals surface area contributed by atoms with Gasteiger partial charge >= 0.3 is 0 Å². The normalized spacial score (nSPS) is 11.3. The second-order valence-electron chi connectivity index (χ2n) is 6.19. The number of aryl methyl sites for hydroxylation is 1. The zero-order valence-electron chi connectivity index (χ0n) is 16.5. The summed E-state index contributed by atoms with van der Waals surface area (Å²) in [5, 5.41) is 7.56. The number of aromatic nitrogens is 2. The first-order valence-electron chi connectivity index (χ1n) is 9.50. The maximum Gasteiger partial charge on any atom is 0.219 e. The van der Waals surface area contributed by atoms with E-state index in [1.54, 1.807) is 35.7 Å². The molecule has 0 saturated heterocycles. The summed E-state index contributed by atoms with van der Waals surface area (Å²) >= 11 is 1.71. The van der Waals surface area contributed by atoms with Crippen LogP contribution in [0.1, 0.15) is 29.3 Å². The first kappa shape index (κ1) is 20.7. The van der Waals surface area contributed by atoms with Crippen LogP contribution < -0.4 is 15.4 Å². The van der Waals surface area contributed by atoms with E-state index in [-0.39, 0.29) is 5.82 Å². The molecule has 0 radical (unpaired) electrons. The van der Waals surface area contributed by atoms with Crippen LogP contribution in [0.4, 0.5) is 4.39 Å². The molecule has 29 heavy (non-hydrogen) atoms. The average molecular weight is 414 g/mol. The third kappa shape index (κ3) is 6.53. The molecular formula is C21H24FN5OS. The summed E-state index contributed by atoms with van der Waals surface area (Å²) in [6.07, 6.45) is 4.62. The Morgan fingerprint density at radius 2 is 2.03 bits per heavy atom. The Hall–Kier alpha value is -3.00. The molecular weight excluding hydrogens is 389 g/mol. The predicted octanol–water partition coefficient (Wildman–Crippen LogP) is 4.29. The molecule has 0 aliphatic carbocycles. The van der Waals surface area contributed by atoms with Crippen molar-refractivity contribution in [3.05, 3.63) is 70.1 Å². The molecule has 0 unspecified atom stereocenters. The van der Waals surface area contributed by atoms with E-state index in [4.69, 9.17) is 4.74 Å². The minimum atomic E-state index is -0.347. The van der Waals surface area contributed by atoms with Crippen LogP contribution in [-0.2, 0) is 19.5 Å². The van der Waals surface area contributed by atoms with Gasteiger partial charge in [0.1, 0.15) is 16.6 Å². The van der Waals surface area contributed by atoms with Gasteiger partial charge < -0.3 is 15.4 Å². The van der Waals surface area contributed by atoms with E-state index in [9.17, 15) is 4.39 Å². The molecule has 0 aliphatic rings. The molecule has 0 fully saturated rings. The SMILES string of the molecule is CCNC(=NCc1ccc(Oc2cccc(F)c2)nc1)NCc1ncc(CC)s1. The highest BCUT2D eigenvalue weighted by molar-refractivity contribution is 7.11. The van der Waals surface area contributed by atoms with Gasteiger partial charge in [-0.1, -0.05) is 19.1 Å². The van der Waals surface area contributed by atoms with E-state index in [1.165, 1.54) is 17.0 Å². The number of halogens is 1. The summed E-state index contributed by atoms with van der Waals surface area (Å²) in [5.74, 6) is 1.19. The monoisotopic (exact) mass is 413 g/mol. The van der Waals surface area contributed by atoms with E-state index < -0.39 is 0 Å². The molecule has 2 aromatic heterocycles. The van der Waals surface area contributed by atoms with Crippen LogP contribution in [0.5, 0.6) is 11.6 Å². The van der Waals surface area contributed by atoms with E-state index in [0.717, 1.165) is 29.5 Å². The third-order valence-electron chi connectivity index (χ3n) is 3.94. The molecule has 6 nitrogen and oxygen atoms in total. The van der Waals surface area contributed by atoms with Gasteiger partial charge in [-0.3, -0.25) is 0 Å². The summed E-state index contributed by atoms with van der Waals surface area (Å²) in [6, 6.07) is 9.61. The largest absolute Gasteiger partial charge is 0.439 e. The second kappa shape index (κ2) is 10.5. The van der Waals surface area contributed by atoms with Crippen molar-refractivity contribution < 1.29 is 9.13 Å². The average Bonchev–Trinajstić information content (AvgIpc) is 3.19. The van der Waals surface area contributed by atoms with Crippen molar-refractivity contribution in [2.75, 3.05) is 6.54 Å². The zero-order chi connectivity index (χ0) is 20.5. The lowest BCUT2D eigenvalue weighted by Crippen LogP contribution is -2.36. The van der Waals surface area contributed by atoms with Crippen molar-refractivity contribution in [2.45, 2.75) is 33.4 Å². The summed E-state index contributed by atoms with van der Waals surface area (Å²) in [5.41, 5.74) is 0.941. The Labute approximate surface area is 173 Å². The number of nitrogens with zero attached hydrogens (tertiary/aromatic N) is 3. The van der Waals surface area contributed by atoms with Crippen LogP contribution in [0.2, 0.25) is 0 Å². The topological polar surface area (TPSA) is 71.4 Å². The molecule has 152 valence electrons. The van der Waals surface area contributed by atoms with Crippen LogP contribution in [-0.4, -0.2) is 22.5 Å². The van der Waals surface area contributed by atoms with Crippen molar-refractivity contribution in [2.24, 2.45) is 4.99 Å². The summed E-state index contributed by atoms with van der Waals surface area (Å²) in [6.45, 7) is 6.02. The second-order valence-corrected chi connectivity index (χ2v) is 7.39. The molecule has 0 atom stereocenters. The van der Waals surface area contributed by atoms with Crippen LogP contribution in [0.3, 0.4) is 0 Å². The van der Waals surface area contributed by atoms with Gasteiger partial charge in [-0.05, 0) is 31.0 Å². The summed E-state index contributed by atoms with van der Waals surface area (Å²) in [7, 11) is 0. The maximum absolute atomic E-state index is 13.2. The first-order chi connectivity index (χ1) is 14.2. The number of aliphatic imine (C=N–C) groups is 1. The Kier molecular flexibility index (Phi) is 7.52. The van der Waals surface area contributed by atoms with Crippen LogP contribution >= 0.6 is 11.3 Å². The Morgan fingerprint density at radius 3 is 2.72 bits per heavy atom. The van der Waals surface area contributed by atoms with Gasteiger partial charge in [0.15, 0.2) is 5.96 Å². The molecule has 0 spiro atoms. The van der Waals surface area contributed by atoms with E-state index in [0.29, 0.717) is 24.7 Å². The van der Waals surface area contributed by atoms with Crippen LogP contribution in [0.25, 0.3) is 0 Å². The highest BCUT2D eigenvalue weighted by Crippen LogP contribution is 2.20. The zero-order valence-corrected chi connectivity index (χ0v) is 17.3. The standard InChI is InChI=1S/C21H24FN5OS/c1-3-18-13-25-20(29-18)14-27-21(23-4-2)26-12-15-8-9-19(24-11-15)28-17-7-5-6-16(22)10-17/h5-11,13H,3-4,12,14H2,1-2H3,(H2,23,26,27). The Balaban J connectivity index is 1.56. The van der Waals surface area contributed by atoms with Gasteiger partial charge in [-0.15, -0.1) is 11.3 Å². The number of rotatable bonds is 8. The Morgan fingerprint density at radius 1 is 1.14 bits per heavy atom. The number of pyridine rings is 1. The number of guanidine groups is 1. The fourth-order valence-corrected chi connectivity index (χ4v) is 3.28. The highest BCUT2D eigenvalue weighted by Gasteiger charge is 2.04. The summed E-state index contributed by atoms with van der Waals surface area (Å²) in [4.78, 5) is 14.5. The molecule has 2 N–H and O–H groups in total.